The fourth-order valence-corrected chi connectivity index (χ4v) is 4.05. The van der Waals surface area contributed by atoms with Gasteiger partial charge in [0.2, 0.25) is 0 Å². The molecule has 25 heavy (non-hydrogen) atoms. The summed E-state index contributed by atoms with van der Waals surface area (Å²) in [6.07, 6.45) is 5.76. The smallest absolute Gasteiger partial charge is 0.318 e. The second-order valence-corrected chi connectivity index (χ2v) is 7.15. The Balaban J connectivity index is 1.44. The molecule has 1 aromatic rings. The molecule has 6 heteroatoms. The molecule has 0 radical (unpaired) electrons. The number of aromatic nitrogens is 1. The molecule has 1 N–H and O–H groups in total. The van der Waals surface area contributed by atoms with Crippen molar-refractivity contribution in [2.75, 3.05) is 19.7 Å². The summed E-state index contributed by atoms with van der Waals surface area (Å²) in [5.74, 6) is 0.440. The lowest BCUT2D eigenvalue weighted by Gasteiger charge is -2.35. The van der Waals surface area contributed by atoms with Crippen LogP contribution in [0.1, 0.15) is 51.3 Å². The maximum Gasteiger partial charge on any atom is 0.318 e. The molecule has 0 bridgehead atoms. The molecule has 2 heterocycles. The molecule has 3 rings (SSSR count). The minimum absolute atomic E-state index is 0.0208. The van der Waals surface area contributed by atoms with Crippen LogP contribution in [0, 0.1) is 11.8 Å². The summed E-state index contributed by atoms with van der Waals surface area (Å²) in [5, 5.41) is 3.11. The van der Waals surface area contributed by atoms with E-state index in [1.165, 1.54) is 5.69 Å². The van der Waals surface area contributed by atoms with Crippen molar-refractivity contribution in [2.24, 2.45) is 11.8 Å². The lowest BCUT2D eigenvalue weighted by molar-refractivity contribution is -0.149. The monoisotopic (exact) mass is 347 g/mol. The number of esters is 1. The highest BCUT2D eigenvalue weighted by Crippen LogP contribution is 2.30. The minimum Gasteiger partial charge on any atom is -0.466 e. The number of urea groups is 1. The fourth-order valence-electron chi connectivity index (χ4n) is 4.05. The van der Waals surface area contributed by atoms with E-state index in [0.717, 1.165) is 38.8 Å². The second kappa shape index (κ2) is 7.93. The number of fused-ring (bicyclic) bond motifs is 1. The molecular formula is C19H29N3O3. The molecule has 2 amide bonds. The summed E-state index contributed by atoms with van der Waals surface area (Å²) in [7, 11) is 0. The Morgan fingerprint density at radius 3 is 2.72 bits per heavy atom. The molecule has 6 nitrogen and oxygen atoms in total. The van der Waals surface area contributed by atoms with Crippen molar-refractivity contribution in [1.82, 2.24) is 14.8 Å². The van der Waals surface area contributed by atoms with Gasteiger partial charge in [-0.3, -0.25) is 4.79 Å². The number of rotatable bonds is 4. The zero-order chi connectivity index (χ0) is 17.8. The molecule has 1 aromatic heterocycles. The summed E-state index contributed by atoms with van der Waals surface area (Å²) >= 11 is 0. The molecule has 1 aliphatic heterocycles. The molecule has 2 aliphatic rings. The molecule has 1 saturated carbocycles. The van der Waals surface area contributed by atoms with Crippen molar-refractivity contribution in [1.29, 1.82) is 0 Å². The van der Waals surface area contributed by atoms with Gasteiger partial charge in [-0.2, -0.15) is 0 Å². The number of carbonyl (C=O) groups is 2. The van der Waals surface area contributed by atoms with Gasteiger partial charge in [0.15, 0.2) is 0 Å². The minimum atomic E-state index is -0.0601. The largest absolute Gasteiger partial charge is 0.466 e. The van der Waals surface area contributed by atoms with Crippen molar-refractivity contribution >= 4 is 12.0 Å². The highest BCUT2D eigenvalue weighted by molar-refractivity contribution is 5.75. The van der Waals surface area contributed by atoms with Gasteiger partial charge in [-0.25, -0.2) is 4.79 Å². The van der Waals surface area contributed by atoms with Crippen LogP contribution in [0.25, 0.3) is 0 Å². The first-order valence-corrected chi connectivity index (χ1v) is 9.46. The third-order valence-corrected chi connectivity index (χ3v) is 5.61. The maximum absolute atomic E-state index is 12.6. The third kappa shape index (κ3) is 3.99. The topological polar surface area (TPSA) is 63.6 Å². The van der Waals surface area contributed by atoms with E-state index in [2.05, 4.69) is 29.1 Å². The average molecular weight is 347 g/mol. The highest BCUT2D eigenvalue weighted by atomic mass is 16.5. The van der Waals surface area contributed by atoms with Gasteiger partial charge in [0, 0.05) is 31.5 Å². The predicted molar refractivity (Wildman–Crippen MR) is 95.0 cm³/mol. The SMILES string of the molecule is CCOC(=O)C1CCC(CNC(=O)N2CCn3cccc3[C@H]2C)CC1. The lowest BCUT2D eigenvalue weighted by atomic mass is 9.82. The van der Waals surface area contributed by atoms with E-state index in [4.69, 9.17) is 4.74 Å². The molecule has 0 spiro atoms. The molecule has 1 atom stereocenters. The standard InChI is InChI=1S/C19H29N3O3/c1-3-25-18(23)16-8-6-15(7-9-16)13-20-19(24)22-12-11-21-10-4-5-17(21)14(22)2/h4-5,10,14-16H,3,6-9,11-13H2,1-2H3,(H,20,24)/t14-,15?,16?/m1/s1. The molecule has 138 valence electrons. The van der Waals surface area contributed by atoms with E-state index in [1.807, 2.05) is 17.9 Å². The fraction of sp³-hybridized carbons (Fsp3) is 0.684. The van der Waals surface area contributed by atoms with E-state index >= 15 is 0 Å². The first-order valence-electron chi connectivity index (χ1n) is 9.46. The lowest BCUT2D eigenvalue weighted by Crippen LogP contribution is -2.47. The predicted octanol–water partition coefficient (Wildman–Crippen LogP) is 2.94. The number of hydrogen-bond acceptors (Lipinski definition) is 3. The van der Waals surface area contributed by atoms with E-state index in [9.17, 15) is 9.59 Å². The zero-order valence-electron chi connectivity index (χ0n) is 15.2. The second-order valence-electron chi connectivity index (χ2n) is 7.15. The van der Waals surface area contributed by atoms with Gasteiger partial charge in [-0.1, -0.05) is 0 Å². The molecule has 0 saturated heterocycles. The summed E-state index contributed by atoms with van der Waals surface area (Å²) in [5.41, 5.74) is 1.19. The Bertz CT molecular complexity index is 605. The maximum atomic E-state index is 12.6. The number of amides is 2. The highest BCUT2D eigenvalue weighted by Gasteiger charge is 2.30. The number of ether oxygens (including phenoxy) is 1. The van der Waals surface area contributed by atoms with Crippen molar-refractivity contribution in [3.63, 3.8) is 0 Å². The van der Waals surface area contributed by atoms with Crippen LogP contribution in [0.5, 0.6) is 0 Å². The molecule has 1 fully saturated rings. The quantitative estimate of drug-likeness (QED) is 0.852. The van der Waals surface area contributed by atoms with Gasteiger partial charge in [-0.05, 0) is 57.6 Å². The zero-order valence-corrected chi connectivity index (χ0v) is 15.2. The summed E-state index contributed by atoms with van der Waals surface area (Å²) in [6, 6.07) is 4.24. The normalized spacial score (nSPS) is 26.0. The molecule has 0 unspecified atom stereocenters. The van der Waals surface area contributed by atoms with Gasteiger partial charge >= 0.3 is 12.0 Å². The molecular weight excluding hydrogens is 318 g/mol. The number of hydrogen-bond donors (Lipinski definition) is 1. The summed E-state index contributed by atoms with van der Waals surface area (Å²) in [4.78, 5) is 26.3. The van der Waals surface area contributed by atoms with Crippen LogP contribution in [-0.4, -0.2) is 41.2 Å². The average Bonchev–Trinajstić information content (AvgIpc) is 3.10. The van der Waals surface area contributed by atoms with Gasteiger partial charge < -0.3 is 19.5 Å². The number of nitrogens with one attached hydrogen (secondary N) is 1. The van der Waals surface area contributed by atoms with Crippen LogP contribution >= 0.6 is 0 Å². The Labute approximate surface area is 149 Å². The van der Waals surface area contributed by atoms with Gasteiger partial charge in [0.1, 0.15) is 0 Å². The van der Waals surface area contributed by atoms with E-state index in [1.54, 1.807) is 0 Å². The van der Waals surface area contributed by atoms with Crippen molar-refractivity contribution in [2.45, 2.75) is 52.1 Å². The number of carbonyl (C=O) groups excluding carboxylic acids is 2. The first-order chi connectivity index (χ1) is 12.1. The van der Waals surface area contributed by atoms with Crippen LogP contribution in [0.4, 0.5) is 4.79 Å². The third-order valence-electron chi connectivity index (χ3n) is 5.61. The van der Waals surface area contributed by atoms with Gasteiger partial charge in [0.25, 0.3) is 0 Å². The van der Waals surface area contributed by atoms with E-state index in [0.29, 0.717) is 19.1 Å². The van der Waals surface area contributed by atoms with Crippen molar-refractivity contribution in [3.05, 3.63) is 24.0 Å². The Morgan fingerprint density at radius 2 is 2.00 bits per heavy atom. The van der Waals surface area contributed by atoms with Gasteiger partial charge in [-0.15, -0.1) is 0 Å². The Hall–Kier alpha value is -1.98. The molecule has 1 aliphatic carbocycles. The summed E-state index contributed by atoms with van der Waals surface area (Å²) < 4.78 is 7.32. The Kier molecular flexibility index (Phi) is 5.66. The van der Waals surface area contributed by atoms with Crippen LogP contribution in [-0.2, 0) is 16.1 Å². The van der Waals surface area contributed by atoms with E-state index < -0.39 is 0 Å². The Morgan fingerprint density at radius 1 is 1.24 bits per heavy atom. The first kappa shape index (κ1) is 17.8. The van der Waals surface area contributed by atoms with Crippen molar-refractivity contribution < 1.29 is 14.3 Å². The van der Waals surface area contributed by atoms with Crippen LogP contribution in [0.15, 0.2) is 18.3 Å². The van der Waals surface area contributed by atoms with Crippen molar-refractivity contribution in [3.8, 4) is 0 Å². The van der Waals surface area contributed by atoms with Crippen LogP contribution in [0.3, 0.4) is 0 Å². The van der Waals surface area contributed by atoms with Crippen LogP contribution < -0.4 is 5.32 Å². The van der Waals surface area contributed by atoms with Gasteiger partial charge in [0.05, 0.1) is 18.6 Å². The number of nitrogens with zero attached hydrogens (tertiary/aromatic N) is 2. The van der Waals surface area contributed by atoms with E-state index in [-0.39, 0.29) is 24.0 Å². The van der Waals surface area contributed by atoms with Crippen LogP contribution in [0.2, 0.25) is 0 Å². The molecule has 0 aromatic carbocycles. The summed E-state index contributed by atoms with van der Waals surface area (Å²) in [6.45, 7) is 6.66.